The van der Waals surface area contributed by atoms with Gasteiger partial charge >= 0.3 is 5.69 Å². The summed E-state index contributed by atoms with van der Waals surface area (Å²) in [6.45, 7) is 0. The minimum atomic E-state index is -0.653. The summed E-state index contributed by atoms with van der Waals surface area (Å²) < 4.78 is 0. The molecule has 0 fully saturated rings. The van der Waals surface area contributed by atoms with Crippen LogP contribution in [-0.4, -0.2) is 20.8 Å². The number of nitro groups is 1. The van der Waals surface area contributed by atoms with E-state index in [0.29, 0.717) is 0 Å². The number of rotatable bonds is 3. The number of nitrogens with zero attached hydrogens (tertiary/aromatic N) is 3. The van der Waals surface area contributed by atoms with Crippen molar-refractivity contribution in [1.29, 1.82) is 0 Å². The molecule has 2 aromatic heterocycles. The maximum absolute atomic E-state index is 11.7. The summed E-state index contributed by atoms with van der Waals surface area (Å²) in [5.74, 6) is -0.778. The fourth-order valence-corrected chi connectivity index (χ4v) is 1.84. The molecule has 9 heteroatoms. The van der Waals surface area contributed by atoms with Crippen LogP contribution in [0.4, 0.5) is 11.5 Å². The maximum atomic E-state index is 11.7. The molecule has 0 radical (unpaired) electrons. The molecular formula is C9H5ClN4O3S. The molecule has 0 aliphatic carbocycles. The smallest absolute Gasteiger partial charge is 0.299 e. The topological polar surface area (TPSA) is 98.0 Å². The summed E-state index contributed by atoms with van der Waals surface area (Å²) in [5.41, 5.74) is 1.31. The Labute approximate surface area is 110 Å². The number of amides is 1. The van der Waals surface area contributed by atoms with Gasteiger partial charge in [-0.25, -0.2) is 9.97 Å². The summed E-state index contributed by atoms with van der Waals surface area (Å²) in [6.07, 6.45) is 0. The first-order valence-electron chi connectivity index (χ1n) is 4.58. The predicted octanol–water partition coefficient (Wildman–Crippen LogP) is 2.35. The van der Waals surface area contributed by atoms with Crippen molar-refractivity contribution in [3.8, 4) is 0 Å². The van der Waals surface area contributed by atoms with Gasteiger partial charge in [0.15, 0.2) is 0 Å². The highest BCUT2D eigenvalue weighted by Gasteiger charge is 2.19. The number of hydrogen-bond acceptors (Lipinski definition) is 6. The summed E-state index contributed by atoms with van der Waals surface area (Å²) in [6, 6.07) is 2.45. The van der Waals surface area contributed by atoms with E-state index < -0.39 is 10.8 Å². The number of pyridine rings is 1. The third-order valence-electron chi connectivity index (χ3n) is 1.93. The second kappa shape index (κ2) is 5.07. The molecule has 0 saturated carbocycles. The fourth-order valence-electron chi connectivity index (χ4n) is 1.16. The average molecular weight is 285 g/mol. The molecule has 92 valence electrons. The van der Waals surface area contributed by atoms with E-state index in [1.54, 1.807) is 0 Å². The molecule has 0 aromatic carbocycles. The molecule has 7 nitrogen and oxygen atoms in total. The number of thiazole rings is 1. The van der Waals surface area contributed by atoms with Gasteiger partial charge in [-0.05, 0) is 6.07 Å². The molecule has 0 aliphatic rings. The van der Waals surface area contributed by atoms with Crippen LogP contribution in [0.15, 0.2) is 23.0 Å². The van der Waals surface area contributed by atoms with Crippen LogP contribution in [0.25, 0.3) is 0 Å². The molecule has 0 aliphatic heterocycles. The van der Waals surface area contributed by atoms with E-state index in [9.17, 15) is 14.9 Å². The number of carbonyl (C=O) groups excluding carboxylic acids is 1. The third-order valence-corrected chi connectivity index (χ3v) is 2.73. The number of nitrogens with one attached hydrogen (secondary N) is 1. The standard InChI is InChI=1S/C9H5ClN4O3S/c10-7-2-1-6(14(16)17)8(12-7)13-9(15)5-3-18-4-11-5/h1-4H,(H,12,13,15). The molecule has 0 atom stereocenters. The molecule has 0 bridgehead atoms. The van der Waals surface area contributed by atoms with Gasteiger partial charge in [0.2, 0.25) is 5.82 Å². The third kappa shape index (κ3) is 2.60. The van der Waals surface area contributed by atoms with Gasteiger partial charge in [-0.1, -0.05) is 11.6 Å². The van der Waals surface area contributed by atoms with Gasteiger partial charge in [0.1, 0.15) is 10.8 Å². The molecule has 2 aromatic rings. The molecule has 2 rings (SSSR count). The van der Waals surface area contributed by atoms with E-state index in [2.05, 4.69) is 15.3 Å². The van der Waals surface area contributed by atoms with Crippen molar-refractivity contribution in [3.63, 3.8) is 0 Å². The van der Waals surface area contributed by atoms with Crippen LogP contribution in [0.1, 0.15) is 10.5 Å². The molecule has 0 spiro atoms. The van der Waals surface area contributed by atoms with Crippen molar-refractivity contribution >= 4 is 40.4 Å². The second-order valence-corrected chi connectivity index (χ2v) is 4.19. The molecule has 1 amide bonds. The number of aromatic nitrogens is 2. The quantitative estimate of drug-likeness (QED) is 0.530. The van der Waals surface area contributed by atoms with Gasteiger partial charge in [0.05, 0.1) is 10.4 Å². The molecular weight excluding hydrogens is 280 g/mol. The van der Waals surface area contributed by atoms with Crippen LogP contribution in [-0.2, 0) is 0 Å². The van der Waals surface area contributed by atoms with E-state index in [1.165, 1.54) is 34.4 Å². The Balaban J connectivity index is 2.31. The predicted molar refractivity (Wildman–Crippen MR) is 66.0 cm³/mol. The van der Waals surface area contributed by atoms with Gasteiger partial charge in [-0.15, -0.1) is 11.3 Å². The Bertz CT molecular complexity index is 602. The van der Waals surface area contributed by atoms with Gasteiger partial charge in [0.25, 0.3) is 5.91 Å². The first-order chi connectivity index (χ1) is 8.58. The first-order valence-corrected chi connectivity index (χ1v) is 5.90. The average Bonchev–Trinajstić information content (AvgIpc) is 2.81. The molecule has 0 saturated heterocycles. The number of halogens is 1. The second-order valence-electron chi connectivity index (χ2n) is 3.09. The maximum Gasteiger partial charge on any atom is 0.311 e. The summed E-state index contributed by atoms with van der Waals surface area (Å²) in [5, 5.41) is 14.6. The summed E-state index contributed by atoms with van der Waals surface area (Å²) >= 11 is 6.87. The number of anilines is 1. The van der Waals surface area contributed by atoms with Crippen LogP contribution in [0.3, 0.4) is 0 Å². The summed E-state index contributed by atoms with van der Waals surface area (Å²) in [4.78, 5) is 29.3. The van der Waals surface area contributed by atoms with E-state index in [1.807, 2.05) is 0 Å². The van der Waals surface area contributed by atoms with Crippen molar-refractivity contribution in [1.82, 2.24) is 9.97 Å². The highest BCUT2D eigenvalue weighted by Crippen LogP contribution is 2.24. The van der Waals surface area contributed by atoms with E-state index in [-0.39, 0.29) is 22.4 Å². The minimum Gasteiger partial charge on any atom is -0.299 e. The van der Waals surface area contributed by atoms with Crippen LogP contribution >= 0.6 is 22.9 Å². The van der Waals surface area contributed by atoms with Gasteiger partial charge in [-0.3, -0.25) is 20.2 Å². The Morgan fingerprint density at radius 2 is 2.28 bits per heavy atom. The Hall–Kier alpha value is -2.06. The lowest BCUT2D eigenvalue weighted by Crippen LogP contribution is -2.14. The zero-order valence-electron chi connectivity index (χ0n) is 8.66. The first kappa shape index (κ1) is 12.4. The SMILES string of the molecule is O=C(Nc1nc(Cl)ccc1[N+](=O)[O-])c1cscn1. The zero-order valence-corrected chi connectivity index (χ0v) is 10.2. The van der Waals surface area contributed by atoms with Gasteiger partial charge < -0.3 is 0 Å². The zero-order chi connectivity index (χ0) is 13.1. The van der Waals surface area contributed by atoms with Crippen molar-refractivity contribution in [2.75, 3.05) is 5.32 Å². The van der Waals surface area contributed by atoms with Crippen LogP contribution in [0, 0.1) is 10.1 Å². The normalized spacial score (nSPS) is 10.1. The number of carbonyl (C=O) groups is 1. The van der Waals surface area contributed by atoms with E-state index in [4.69, 9.17) is 11.6 Å². The van der Waals surface area contributed by atoms with Crippen molar-refractivity contribution in [3.05, 3.63) is 44.0 Å². The lowest BCUT2D eigenvalue weighted by Gasteiger charge is -2.03. The Morgan fingerprint density at radius 1 is 1.50 bits per heavy atom. The largest absolute Gasteiger partial charge is 0.311 e. The lowest BCUT2D eigenvalue weighted by molar-refractivity contribution is -0.384. The minimum absolute atomic E-state index is 0.0502. The molecule has 2 heterocycles. The highest BCUT2D eigenvalue weighted by molar-refractivity contribution is 7.07. The number of hydrogen-bond donors (Lipinski definition) is 1. The van der Waals surface area contributed by atoms with Crippen LogP contribution < -0.4 is 5.32 Å². The molecule has 18 heavy (non-hydrogen) atoms. The highest BCUT2D eigenvalue weighted by atomic mass is 35.5. The van der Waals surface area contributed by atoms with Crippen molar-refractivity contribution in [2.24, 2.45) is 0 Å². The van der Waals surface area contributed by atoms with E-state index in [0.717, 1.165) is 0 Å². The summed E-state index contributed by atoms with van der Waals surface area (Å²) in [7, 11) is 0. The lowest BCUT2D eigenvalue weighted by atomic mass is 10.3. The molecule has 1 N–H and O–H groups in total. The van der Waals surface area contributed by atoms with Gasteiger partial charge in [0, 0.05) is 11.4 Å². The Morgan fingerprint density at radius 3 is 2.89 bits per heavy atom. The molecule has 0 unspecified atom stereocenters. The Kier molecular flexibility index (Phi) is 3.49. The van der Waals surface area contributed by atoms with Crippen LogP contribution in [0.2, 0.25) is 5.15 Å². The fraction of sp³-hybridized carbons (Fsp3) is 0. The van der Waals surface area contributed by atoms with Gasteiger partial charge in [-0.2, -0.15) is 0 Å². The van der Waals surface area contributed by atoms with Crippen molar-refractivity contribution < 1.29 is 9.72 Å². The monoisotopic (exact) mass is 284 g/mol. The van der Waals surface area contributed by atoms with Crippen molar-refractivity contribution in [2.45, 2.75) is 0 Å². The van der Waals surface area contributed by atoms with E-state index >= 15 is 0 Å². The van der Waals surface area contributed by atoms with Crippen LogP contribution in [0.5, 0.6) is 0 Å².